The van der Waals surface area contributed by atoms with Crippen molar-refractivity contribution in [2.24, 2.45) is 22.4 Å². The maximum absolute atomic E-state index is 13.2. The van der Waals surface area contributed by atoms with E-state index in [9.17, 15) is 13.6 Å². The van der Waals surface area contributed by atoms with Crippen LogP contribution in [0.2, 0.25) is 0 Å². The topological polar surface area (TPSA) is 112 Å². The molecule has 4 unspecified atom stereocenters. The molecule has 0 aromatic carbocycles. The minimum Gasteiger partial charge on any atom is -0.350 e. The lowest BCUT2D eigenvalue weighted by Crippen LogP contribution is -2.65. The average Bonchev–Trinajstić information content (AvgIpc) is 2.76. The van der Waals surface area contributed by atoms with E-state index in [0.717, 1.165) is 45.3 Å². The molecule has 3 fully saturated rings. The predicted molar refractivity (Wildman–Crippen MR) is 128 cm³/mol. The summed E-state index contributed by atoms with van der Waals surface area (Å²) in [5, 5.41) is 6.45. The van der Waals surface area contributed by atoms with E-state index < -0.39 is 18.0 Å². The van der Waals surface area contributed by atoms with Gasteiger partial charge in [0.15, 0.2) is 0 Å². The number of nitrogens with zero attached hydrogens (tertiary/aromatic N) is 3. The Labute approximate surface area is 200 Å². The third kappa shape index (κ3) is 7.05. The summed E-state index contributed by atoms with van der Waals surface area (Å²) in [6.07, 6.45) is 2.59. The van der Waals surface area contributed by atoms with E-state index in [2.05, 4.69) is 20.5 Å². The lowest BCUT2D eigenvalue weighted by atomic mass is 9.92. The highest BCUT2D eigenvalue weighted by molar-refractivity contribution is 6.20. The molecule has 3 rings (SSSR count). The van der Waals surface area contributed by atoms with E-state index in [0.29, 0.717) is 18.8 Å². The Morgan fingerprint density at radius 1 is 1.24 bits per heavy atom. The number of halogens is 3. The van der Waals surface area contributed by atoms with Crippen LogP contribution < -0.4 is 22.1 Å². The number of hydrogen-bond donors (Lipinski definition) is 4. The monoisotopic (exact) mass is 491 g/mol. The molecule has 33 heavy (non-hydrogen) atoms. The van der Waals surface area contributed by atoms with E-state index in [1.165, 1.54) is 0 Å². The Kier molecular flexibility index (Phi) is 9.45. The van der Waals surface area contributed by atoms with Gasteiger partial charge in [-0.25, -0.2) is 8.78 Å². The van der Waals surface area contributed by atoms with E-state index >= 15 is 0 Å². The molecule has 0 spiro atoms. The zero-order valence-electron chi connectivity index (χ0n) is 19.8. The molecule has 0 aromatic rings. The minimum absolute atomic E-state index is 0.0818. The van der Waals surface area contributed by atoms with Crippen molar-refractivity contribution in [3.8, 4) is 0 Å². The molecule has 3 aliphatic heterocycles. The van der Waals surface area contributed by atoms with Crippen molar-refractivity contribution in [3.05, 3.63) is 0 Å². The lowest BCUT2D eigenvalue weighted by Gasteiger charge is -2.49. The number of nitrogens with two attached hydrogens (primary N) is 2. The largest absolute Gasteiger partial charge is 0.350 e. The van der Waals surface area contributed by atoms with Gasteiger partial charge in [-0.3, -0.25) is 19.6 Å². The van der Waals surface area contributed by atoms with Gasteiger partial charge in [0.2, 0.25) is 5.91 Å². The molecule has 6 N–H and O–H groups in total. The first-order valence-electron chi connectivity index (χ1n) is 12.1. The summed E-state index contributed by atoms with van der Waals surface area (Å²) in [6, 6.07) is 0.331. The van der Waals surface area contributed by atoms with Crippen LogP contribution in [0.3, 0.4) is 0 Å². The number of likely N-dealkylation sites (tertiary alicyclic amines) is 2. The molecule has 190 valence electrons. The zero-order valence-corrected chi connectivity index (χ0v) is 20.5. The molecule has 3 heterocycles. The van der Waals surface area contributed by atoms with Gasteiger partial charge in [-0.1, -0.05) is 6.92 Å². The summed E-state index contributed by atoms with van der Waals surface area (Å²) in [7, 11) is 0. The SMILES string of the molecule is CCC(Cl)C/N=C(\C)C(C(=O)NC1CNCCC1N1CCC(N2CC(F)(F)C2)CC1)C(N)N. The third-order valence-electron chi connectivity index (χ3n) is 7.23. The standard InChI is InChI=1S/C22H40ClF2N7O/c1-3-15(23)10-29-14(2)19(20(26)27)21(33)30-17-11-28-7-4-18(17)31-8-5-16(6-9-31)32-12-22(24,25)13-32/h15-20,28H,3-13,26-27H2,1-2H3,(H,30,33)/b29-14+. The first-order chi connectivity index (χ1) is 15.6. The van der Waals surface area contributed by atoms with E-state index in [1.807, 2.05) is 11.8 Å². The Morgan fingerprint density at radius 2 is 1.91 bits per heavy atom. The molecule has 0 aliphatic carbocycles. The minimum atomic E-state index is -2.52. The molecule has 3 saturated heterocycles. The van der Waals surface area contributed by atoms with Crippen molar-refractivity contribution in [1.82, 2.24) is 20.4 Å². The molecule has 4 atom stereocenters. The number of hydrogen-bond acceptors (Lipinski definition) is 7. The maximum atomic E-state index is 13.2. The number of amides is 1. The van der Waals surface area contributed by atoms with Gasteiger partial charge in [-0.15, -0.1) is 11.6 Å². The Bertz CT molecular complexity index is 680. The van der Waals surface area contributed by atoms with Crippen LogP contribution in [0.1, 0.15) is 39.5 Å². The van der Waals surface area contributed by atoms with Gasteiger partial charge < -0.3 is 22.1 Å². The van der Waals surface area contributed by atoms with Crippen LogP contribution in [0.15, 0.2) is 4.99 Å². The van der Waals surface area contributed by atoms with Crippen molar-refractivity contribution >= 4 is 23.2 Å². The fourth-order valence-electron chi connectivity index (χ4n) is 5.20. The summed E-state index contributed by atoms with van der Waals surface area (Å²) in [5.41, 5.74) is 12.5. The molecule has 0 bridgehead atoms. The van der Waals surface area contributed by atoms with Gasteiger partial charge in [0.25, 0.3) is 5.92 Å². The van der Waals surface area contributed by atoms with Crippen LogP contribution in [0.5, 0.6) is 0 Å². The van der Waals surface area contributed by atoms with Crippen LogP contribution in [-0.4, -0.2) is 103 Å². The molecule has 0 aromatic heterocycles. The Balaban J connectivity index is 1.57. The molecular weight excluding hydrogens is 452 g/mol. The smallest absolute Gasteiger partial charge is 0.272 e. The number of carbonyl (C=O) groups is 1. The van der Waals surface area contributed by atoms with Crippen molar-refractivity contribution in [1.29, 1.82) is 0 Å². The van der Waals surface area contributed by atoms with E-state index in [1.54, 1.807) is 6.92 Å². The van der Waals surface area contributed by atoms with Crippen LogP contribution in [0.25, 0.3) is 0 Å². The van der Waals surface area contributed by atoms with Crippen molar-refractivity contribution in [2.45, 2.75) is 75.1 Å². The molecule has 1 amide bonds. The fraction of sp³-hybridized carbons (Fsp3) is 0.909. The van der Waals surface area contributed by atoms with E-state index in [-0.39, 0.29) is 42.5 Å². The third-order valence-corrected chi connectivity index (χ3v) is 7.67. The van der Waals surface area contributed by atoms with Crippen molar-refractivity contribution in [2.75, 3.05) is 45.8 Å². The molecule has 11 heteroatoms. The number of aliphatic imine (C=N–C) groups is 1. The Morgan fingerprint density at radius 3 is 2.48 bits per heavy atom. The van der Waals surface area contributed by atoms with Gasteiger partial charge in [-0.05, 0) is 39.2 Å². The highest BCUT2D eigenvalue weighted by atomic mass is 35.5. The quantitative estimate of drug-likeness (QED) is 0.213. The van der Waals surface area contributed by atoms with E-state index in [4.69, 9.17) is 23.1 Å². The molecule has 8 nitrogen and oxygen atoms in total. The van der Waals surface area contributed by atoms with Gasteiger partial charge in [0.05, 0.1) is 37.2 Å². The summed E-state index contributed by atoms with van der Waals surface area (Å²) >= 11 is 6.17. The Hall–Kier alpha value is -0.910. The van der Waals surface area contributed by atoms with Crippen molar-refractivity contribution < 1.29 is 13.6 Å². The summed E-state index contributed by atoms with van der Waals surface area (Å²) in [5.74, 6) is -3.46. The average molecular weight is 492 g/mol. The molecule has 3 aliphatic rings. The highest BCUT2D eigenvalue weighted by Gasteiger charge is 2.47. The normalized spacial score (nSPS) is 29.5. The van der Waals surface area contributed by atoms with Crippen LogP contribution >= 0.6 is 11.6 Å². The van der Waals surface area contributed by atoms with Crippen LogP contribution in [-0.2, 0) is 4.79 Å². The number of alkyl halides is 3. The highest BCUT2D eigenvalue weighted by Crippen LogP contribution is 2.32. The number of carbonyl (C=O) groups excluding carboxylic acids is 1. The second-order valence-electron chi connectivity index (χ2n) is 9.75. The molecular formula is C22H40ClF2N7O. The summed E-state index contributed by atoms with van der Waals surface area (Å²) in [6.45, 7) is 7.18. The fourth-order valence-corrected chi connectivity index (χ4v) is 5.27. The van der Waals surface area contributed by atoms with Gasteiger partial charge in [-0.2, -0.15) is 0 Å². The molecule has 0 radical (unpaired) electrons. The van der Waals surface area contributed by atoms with Crippen LogP contribution in [0.4, 0.5) is 8.78 Å². The first kappa shape index (κ1) is 26.7. The number of nitrogens with one attached hydrogen (secondary N) is 2. The van der Waals surface area contributed by atoms with Gasteiger partial charge in [0, 0.05) is 37.4 Å². The number of rotatable bonds is 9. The lowest BCUT2D eigenvalue weighted by molar-refractivity contribution is -0.152. The molecule has 0 saturated carbocycles. The van der Waals surface area contributed by atoms with Crippen LogP contribution in [0, 0.1) is 5.92 Å². The zero-order chi connectivity index (χ0) is 24.2. The van der Waals surface area contributed by atoms with Gasteiger partial charge in [0.1, 0.15) is 5.92 Å². The van der Waals surface area contributed by atoms with Gasteiger partial charge >= 0.3 is 0 Å². The predicted octanol–water partition coefficient (Wildman–Crippen LogP) is 0.586. The summed E-state index contributed by atoms with van der Waals surface area (Å²) < 4.78 is 26.5. The second kappa shape index (κ2) is 11.7. The first-order valence-corrected chi connectivity index (χ1v) is 12.6. The maximum Gasteiger partial charge on any atom is 0.272 e. The second-order valence-corrected chi connectivity index (χ2v) is 10.4. The number of piperidine rings is 2. The van der Waals surface area contributed by atoms with Crippen molar-refractivity contribution in [3.63, 3.8) is 0 Å². The summed E-state index contributed by atoms with van der Waals surface area (Å²) in [4.78, 5) is 21.9.